The first kappa shape index (κ1) is 19.1. The topological polar surface area (TPSA) is 81.8 Å². The third-order valence-electron chi connectivity index (χ3n) is 4.97. The lowest BCUT2D eigenvalue weighted by atomic mass is 10.1. The number of carbonyl (C=O) groups is 1. The van der Waals surface area contributed by atoms with Crippen molar-refractivity contribution in [2.24, 2.45) is 7.05 Å². The van der Waals surface area contributed by atoms with Crippen molar-refractivity contribution in [1.29, 1.82) is 0 Å². The highest BCUT2D eigenvalue weighted by atomic mass is 16.5. The molecule has 8 nitrogen and oxygen atoms in total. The van der Waals surface area contributed by atoms with E-state index in [1.807, 2.05) is 47.0 Å². The van der Waals surface area contributed by atoms with E-state index < -0.39 is 0 Å². The van der Waals surface area contributed by atoms with E-state index in [-0.39, 0.29) is 18.6 Å². The minimum absolute atomic E-state index is 0.144. The maximum Gasteiger partial charge on any atom is 0.290 e. The predicted octanol–water partition coefficient (Wildman–Crippen LogP) is 2.39. The second-order valence-corrected chi connectivity index (χ2v) is 6.82. The van der Waals surface area contributed by atoms with E-state index in [1.54, 1.807) is 25.4 Å². The third-order valence-corrected chi connectivity index (χ3v) is 4.97. The lowest BCUT2D eigenvalue weighted by Gasteiger charge is -2.35. The summed E-state index contributed by atoms with van der Waals surface area (Å²) in [5.74, 6) is 2.83. The van der Waals surface area contributed by atoms with Gasteiger partial charge in [0.25, 0.3) is 5.91 Å². The summed E-state index contributed by atoms with van der Waals surface area (Å²) in [4.78, 5) is 19.3. The van der Waals surface area contributed by atoms with Crippen LogP contribution in [0.5, 0.6) is 11.5 Å². The van der Waals surface area contributed by atoms with Crippen LogP contribution in [0.4, 0.5) is 0 Å². The molecule has 0 radical (unpaired) electrons. The van der Waals surface area contributed by atoms with Crippen molar-refractivity contribution in [2.45, 2.75) is 12.6 Å². The van der Waals surface area contributed by atoms with Crippen LogP contribution in [0.25, 0.3) is 0 Å². The fourth-order valence-electron chi connectivity index (χ4n) is 3.48. The number of nitrogens with zero attached hydrogens (tertiary/aromatic N) is 3. The summed E-state index contributed by atoms with van der Waals surface area (Å²) in [6, 6.07) is 10.7. The molecule has 1 fully saturated rings. The summed E-state index contributed by atoms with van der Waals surface area (Å²) in [6.45, 7) is 2.18. The number of piperazine rings is 1. The molecule has 3 heterocycles. The van der Waals surface area contributed by atoms with Gasteiger partial charge in [0.1, 0.15) is 24.2 Å². The van der Waals surface area contributed by atoms with Gasteiger partial charge in [0.05, 0.1) is 7.11 Å². The number of aryl methyl sites for hydroxylation is 1. The maximum atomic E-state index is 13.1. The number of hydrogen-bond donors (Lipinski definition) is 1. The Labute approximate surface area is 169 Å². The van der Waals surface area contributed by atoms with Gasteiger partial charge in [-0.1, -0.05) is 12.1 Å². The largest absolute Gasteiger partial charge is 0.493 e. The summed E-state index contributed by atoms with van der Waals surface area (Å²) >= 11 is 0. The zero-order valence-electron chi connectivity index (χ0n) is 16.5. The molecule has 2 aromatic heterocycles. The Bertz CT molecular complexity index is 980. The Morgan fingerprint density at radius 1 is 1.28 bits per heavy atom. The van der Waals surface area contributed by atoms with Crippen LogP contribution in [0.15, 0.2) is 53.2 Å². The number of benzene rings is 1. The van der Waals surface area contributed by atoms with Gasteiger partial charge in [0.15, 0.2) is 17.3 Å². The maximum absolute atomic E-state index is 13.1. The third kappa shape index (κ3) is 3.97. The summed E-state index contributed by atoms with van der Waals surface area (Å²) < 4.78 is 18.8. The molecule has 0 bridgehead atoms. The van der Waals surface area contributed by atoms with Gasteiger partial charge in [0.2, 0.25) is 0 Å². The number of ether oxygens (including phenoxy) is 2. The lowest BCUT2D eigenvalue weighted by molar-refractivity contribution is 0.0584. The number of methoxy groups -OCH3 is 1. The highest BCUT2D eigenvalue weighted by molar-refractivity contribution is 5.92. The fourth-order valence-corrected chi connectivity index (χ4v) is 3.48. The van der Waals surface area contributed by atoms with E-state index in [9.17, 15) is 4.79 Å². The molecular weight excluding hydrogens is 372 g/mol. The highest BCUT2D eigenvalue weighted by Crippen LogP contribution is 2.27. The van der Waals surface area contributed by atoms with Gasteiger partial charge >= 0.3 is 0 Å². The molecule has 0 saturated carbocycles. The van der Waals surface area contributed by atoms with Gasteiger partial charge in [-0.15, -0.1) is 0 Å². The zero-order chi connectivity index (χ0) is 20.2. The smallest absolute Gasteiger partial charge is 0.290 e. The number of aromatic nitrogens is 2. The molecule has 1 aliphatic rings. The quantitative estimate of drug-likeness (QED) is 0.689. The van der Waals surface area contributed by atoms with Gasteiger partial charge < -0.3 is 28.7 Å². The van der Waals surface area contributed by atoms with Gasteiger partial charge in [-0.3, -0.25) is 4.79 Å². The molecule has 1 aliphatic heterocycles. The molecule has 1 N–H and O–H groups in total. The first-order chi connectivity index (χ1) is 14.2. The van der Waals surface area contributed by atoms with Crippen LogP contribution in [0.2, 0.25) is 0 Å². The summed E-state index contributed by atoms with van der Waals surface area (Å²) in [6.07, 6.45) is 3.62. The minimum Gasteiger partial charge on any atom is -0.493 e. The second-order valence-electron chi connectivity index (χ2n) is 6.82. The van der Waals surface area contributed by atoms with E-state index in [1.165, 1.54) is 0 Å². The van der Waals surface area contributed by atoms with Crippen molar-refractivity contribution in [2.75, 3.05) is 26.7 Å². The van der Waals surface area contributed by atoms with Crippen molar-refractivity contribution in [3.8, 4) is 11.5 Å². The van der Waals surface area contributed by atoms with Crippen LogP contribution < -0.4 is 14.8 Å². The first-order valence-electron chi connectivity index (χ1n) is 9.51. The number of nitrogens with one attached hydrogen (secondary N) is 1. The Kier molecular flexibility index (Phi) is 5.53. The number of hydrogen-bond acceptors (Lipinski definition) is 6. The molecule has 1 amide bonds. The Hall–Kier alpha value is -3.26. The van der Waals surface area contributed by atoms with Crippen LogP contribution in [0.3, 0.4) is 0 Å². The lowest BCUT2D eigenvalue weighted by Crippen LogP contribution is -2.49. The molecule has 29 heavy (non-hydrogen) atoms. The average molecular weight is 396 g/mol. The average Bonchev–Trinajstić information content (AvgIpc) is 3.41. The molecule has 1 aromatic carbocycles. The predicted molar refractivity (Wildman–Crippen MR) is 106 cm³/mol. The van der Waals surface area contributed by atoms with Crippen molar-refractivity contribution in [3.05, 3.63) is 66.1 Å². The monoisotopic (exact) mass is 396 g/mol. The van der Waals surface area contributed by atoms with Crippen molar-refractivity contribution in [1.82, 2.24) is 19.8 Å². The zero-order valence-corrected chi connectivity index (χ0v) is 16.5. The van der Waals surface area contributed by atoms with Gasteiger partial charge in [-0.2, -0.15) is 0 Å². The molecule has 8 heteroatoms. The van der Waals surface area contributed by atoms with E-state index in [0.717, 1.165) is 12.4 Å². The van der Waals surface area contributed by atoms with Crippen molar-refractivity contribution >= 4 is 5.91 Å². The van der Waals surface area contributed by atoms with E-state index in [0.29, 0.717) is 36.1 Å². The molecule has 152 valence electrons. The molecule has 4 rings (SSSR count). The molecular formula is C21H24N4O4. The summed E-state index contributed by atoms with van der Waals surface area (Å²) in [7, 11) is 3.52. The number of imidazole rings is 1. The normalized spacial score (nSPS) is 16.6. The summed E-state index contributed by atoms with van der Waals surface area (Å²) in [5, 5.41) is 3.33. The molecule has 1 unspecified atom stereocenters. The van der Waals surface area contributed by atoms with Crippen LogP contribution in [0.1, 0.15) is 28.2 Å². The van der Waals surface area contributed by atoms with Crippen LogP contribution in [-0.2, 0) is 13.7 Å². The number of furan rings is 1. The van der Waals surface area contributed by atoms with Gasteiger partial charge in [-0.05, 0) is 24.3 Å². The minimum atomic E-state index is -0.150. The molecule has 1 saturated heterocycles. The number of rotatable bonds is 6. The SMILES string of the molecule is COc1ccccc1OCc1ccc(C(=O)N2CCNCC2c2nccn2C)o1. The molecule has 0 spiro atoms. The van der Waals surface area contributed by atoms with Gasteiger partial charge in [-0.25, -0.2) is 4.98 Å². The molecule has 0 aliphatic carbocycles. The Morgan fingerprint density at radius 2 is 2.10 bits per heavy atom. The first-order valence-corrected chi connectivity index (χ1v) is 9.51. The Balaban J connectivity index is 1.47. The molecule has 1 atom stereocenters. The van der Waals surface area contributed by atoms with Crippen LogP contribution >= 0.6 is 0 Å². The highest BCUT2D eigenvalue weighted by Gasteiger charge is 2.32. The van der Waals surface area contributed by atoms with E-state index >= 15 is 0 Å². The second kappa shape index (κ2) is 8.40. The number of para-hydroxylation sites is 2. The Morgan fingerprint density at radius 3 is 2.86 bits per heavy atom. The van der Waals surface area contributed by atoms with Crippen molar-refractivity contribution in [3.63, 3.8) is 0 Å². The van der Waals surface area contributed by atoms with Crippen molar-refractivity contribution < 1.29 is 18.7 Å². The fraction of sp³-hybridized carbons (Fsp3) is 0.333. The van der Waals surface area contributed by atoms with Crippen LogP contribution in [0, 0.1) is 0 Å². The van der Waals surface area contributed by atoms with E-state index in [4.69, 9.17) is 13.9 Å². The van der Waals surface area contributed by atoms with Gasteiger partial charge in [0, 0.05) is 39.1 Å². The van der Waals surface area contributed by atoms with Crippen LogP contribution in [-0.4, -0.2) is 47.1 Å². The molecule has 3 aromatic rings. The summed E-state index contributed by atoms with van der Waals surface area (Å²) in [5.41, 5.74) is 0. The number of carbonyl (C=O) groups excluding carboxylic acids is 1. The van der Waals surface area contributed by atoms with E-state index in [2.05, 4.69) is 10.3 Å². The standard InChI is InChI=1S/C21H24N4O4/c1-24-11-10-23-20(24)16-13-22-9-12-25(16)21(26)19-8-7-15(29-19)14-28-18-6-4-3-5-17(18)27-2/h3-8,10-11,16,22H,9,12-14H2,1-2H3. The number of amides is 1.